The van der Waals surface area contributed by atoms with Crippen LogP contribution in [-0.4, -0.2) is 46.4 Å². The highest BCUT2D eigenvalue weighted by atomic mass is 19.4. The van der Waals surface area contributed by atoms with E-state index in [2.05, 4.69) is 9.97 Å². The SMILES string of the molecule is CCO[C@@H]1CN(c2nc(=O)n(C)c3ccc(C#N)nc23)CC[C@H]1Oc1cccc(C(F)(F)F)c1. The number of rotatable bonds is 5. The molecule has 178 valence electrons. The van der Waals surface area contributed by atoms with Crippen LogP contribution in [0.1, 0.15) is 24.6 Å². The van der Waals surface area contributed by atoms with E-state index in [1.807, 2.05) is 17.9 Å². The van der Waals surface area contributed by atoms with Crippen molar-refractivity contribution < 1.29 is 22.6 Å². The average Bonchev–Trinajstić information content (AvgIpc) is 2.82. The Labute approximate surface area is 193 Å². The number of nitrogens with zero attached hydrogens (tertiary/aromatic N) is 5. The van der Waals surface area contributed by atoms with Gasteiger partial charge in [0.2, 0.25) is 0 Å². The highest BCUT2D eigenvalue weighted by Gasteiger charge is 2.35. The normalized spacial score (nSPS) is 18.6. The molecule has 0 unspecified atom stereocenters. The van der Waals surface area contributed by atoms with Gasteiger partial charge in [0.15, 0.2) is 5.82 Å². The van der Waals surface area contributed by atoms with Gasteiger partial charge in [-0.3, -0.25) is 4.57 Å². The molecule has 0 aliphatic carbocycles. The molecule has 0 N–H and O–H groups in total. The third kappa shape index (κ3) is 4.68. The van der Waals surface area contributed by atoms with Gasteiger partial charge < -0.3 is 14.4 Å². The van der Waals surface area contributed by atoms with Crippen LogP contribution in [-0.2, 0) is 18.0 Å². The largest absolute Gasteiger partial charge is 0.488 e. The number of ether oxygens (including phenoxy) is 2. The van der Waals surface area contributed by atoms with E-state index in [0.717, 1.165) is 12.1 Å². The van der Waals surface area contributed by atoms with Gasteiger partial charge >= 0.3 is 11.9 Å². The van der Waals surface area contributed by atoms with Crippen molar-refractivity contribution in [3.63, 3.8) is 0 Å². The molecular weight excluding hydrogens is 451 g/mol. The van der Waals surface area contributed by atoms with E-state index in [-0.39, 0.29) is 18.0 Å². The van der Waals surface area contributed by atoms with E-state index in [0.29, 0.717) is 36.4 Å². The van der Waals surface area contributed by atoms with Crippen LogP contribution in [0.15, 0.2) is 41.2 Å². The quantitative estimate of drug-likeness (QED) is 0.561. The topological polar surface area (TPSA) is 93.3 Å². The minimum absolute atomic E-state index is 0.107. The molecule has 0 bridgehead atoms. The molecule has 8 nitrogen and oxygen atoms in total. The van der Waals surface area contributed by atoms with Gasteiger partial charge in [-0.2, -0.15) is 23.4 Å². The van der Waals surface area contributed by atoms with Crippen molar-refractivity contribution in [3.05, 3.63) is 58.1 Å². The van der Waals surface area contributed by atoms with Crippen molar-refractivity contribution in [1.82, 2.24) is 14.5 Å². The number of nitriles is 1. The summed E-state index contributed by atoms with van der Waals surface area (Å²) < 4.78 is 52.4. The van der Waals surface area contributed by atoms with E-state index in [4.69, 9.17) is 9.47 Å². The van der Waals surface area contributed by atoms with Crippen LogP contribution in [0.3, 0.4) is 0 Å². The van der Waals surface area contributed by atoms with Crippen LogP contribution in [0.4, 0.5) is 19.0 Å². The Balaban J connectivity index is 1.63. The Morgan fingerprint density at radius 3 is 2.71 bits per heavy atom. The number of aryl methyl sites for hydroxylation is 1. The van der Waals surface area contributed by atoms with Gasteiger partial charge in [0, 0.05) is 33.2 Å². The predicted octanol–water partition coefficient (Wildman–Crippen LogP) is 3.28. The summed E-state index contributed by atoms with van der Waals surface area (Å²) in [5.41, 5.74) is -0.119. The first-order chi connectivity index (χ1) is 16.2. The van der Waals surface area contributed by atoms with Crippen LogP contribution in [0, 0.1) is 11.3 Å². The van der Waals surface area contributed by atoms with Gasteiger partial charge in [0.05, 0.1) is 11.1 Å². The molecular formula is C23H22F3N5O3. The molecule has 3 aromatic rings. The van der Waals surface area contributed by atoms with Crippen molar-refractivity contribution in [2.24, 2.45) is 7.05 Å². The van der Waals surface area contributed by atoms with E-state index in [9.17, 15) is 23.2 Å². The van der Waals surface area contributed by atoms with Gasteiger partial charge in [0.25, 0.3) is 0 Å². The highest BCUT2D eigenvalue weighted by Crippen LogP contribution is 2.33. The molecule has 34 heavy (non-hydrogen) atoms. The monoisotopic (exact) mass is 473 g/mol. The first-order valence-electron chi connectivity index (χ1n) is 10.7. The summed E-state index contributed by atoms with van der Waals surface area (Å²) in [5, 5.41) is 9.26. The number of hydrogen-bond acceptors (Lipinski definition) is 7. The Bertz CT molecular complexity index is 1300. The number of aromatic nitrogens is 3. The number of fused-ring (bicyclic) bond motifs is 1. The second kappa shape index (κ2) is 9.30. The second-order valence-corrected chi connectivity index (χ2v) is 7.86. The Hall–Kier alpha value is -3.65. The minimum Gasteiger partial charge on any atom is -0.488 e. The van der Waals surface area contributed by atoms with Crippen molar-refractivity contribution in [1.29, 1.82) is 5.26 Å². The molecule has 11 heteroatoms. The van der Waals surface area contributed by atoms with Crippen LogP contribution in [0.5, 0.6) is 5.75 Å². The molecule has 1 saturated heterocycles. The fourth-order valence-electron chi connectivity index (χ4n) is 4.01. The summed E-state index contributed by atoms with van der Waals surface area (Å²) in [4.78, 5) is 22.8. The molecule has 1 aromatic carbocycles. The maximum atomic E-state index is 13.1. The Morgan fingerprint density at radius 2 is 2.00 bits per heavy atom. The number of hydrogen-bond donors (Lipinski definition) is 0. The number of anilines is 1. The van der Waals surface area contributed by atoms with Crippen molar-refractivity contribution in [3.8, 4) is 11.8 Å². The lowest BCUT2D eigenvalue weighted by molar-refractivity contribution is -0.137. The van der Waals surface area contributed by atoms with Crippen molar-refractivity contribution in [2.45, 2.75) is 31.7 Å². The molecule has 1 aliphatic heterocycles. The first-order valence-corrected chi connectivity index (χ1v) is 10.7. The van der Waals surface area contributed by atoms with Gasteiger partial charge in [-0.15, -0.1) is 0 Å². The summed E-state index contributed by atoms with van der Waals surface area (Å²) in [6.07, 6.45) is -5.05. The third-order valence-corrected chi connectivity index (χ3v) is 5.68. The molecule has 1 aliphatic rings. The lowest BCUT2D eigenvalue weighted by Crippen LogP contribution is -2.51. The van der Waals surface area contributed by atoms with Gasteiger partial charge in [0.1, 0.15) is 35.2 Å². The van der Waals surface area contributed by atoms with E-state index in [1.54, 1.807) is 13.1 Å². The number of pyridine rings is 1. The number of piperidine rings is 1. The van der Waals surface area contributed by atoms with Gasteiger partial charge in [-0.1, -0.05) is 6.07 Å². The number of halogens is 3. The highest BCUT2D eigenvalue weighted by molar-refractivity contribution is 5.86. The summed E-state index contributed by atoms with van der Waals surface area (Å²) in [6.45, 7) is 2.86. The molecule has 4 rings (SSSR count). The van der Waals surface area contributed by atoms with Crippen molar-refractivity contribution >= 4 is 16.9 Å². The zero-order chi connectivity index (χ0) is 24.5. The maximum Gasteiger partial charge on any atom is 0.416 e. The average molecular weight is 473 g/mol. The molecule has 0 spiro atoms. The van der Waals surface area contributed by atoms with Crippen molar-refractivity contribution in [2.75, 3.05) is 24.6 Å². The summed E-state index contributed by atoms with van der Waals surface area (Å²) in [5.74, 6) is 0.438. The van der Waals surface area contributed by atoms with Crippen LogP contribution >= 0.6 is 0 Å². The Kier molecular flexibility index (Phi) is 6.43. The zero-order valence-corrected chi connectivity index (χ0v) is 18.5. The van der Waals surface area contributed by atoms with E-state index in [1.165, 1.54) is 22.8 Å². The lowest BCUT2D eigenvalue weighted by atomic mass is 10.0. The molecule has 2 atom stereocenters. The fraction of sp³-hybridized carbons (Fsp3) is 0.391. The minimum atomic E-state index is -4.47. The molecule has 0 saturated carbocycles. The molecule has 0 radical (unpaired) electrons. The molecule has 0 amide bonds. The Morgan fingerprint density at radius 1 is 1.21 bits per heavy atom. The fourth-order valence-corrected chi connectivity index (χ4v) is 4.01. The van der Waals surface area contributed by atoms with Gasteiger partial charge in [-0.25, -0.2) is 9.78 Å². The molecule has 1 fully saturated rings. The standard InChI is InChI=1S/C23H22F3N5O3/c1-3-33-19-13-31(10-9-18(19)34-16-6-4-5-14(11-16)23(24,25)26)21-20-17(30(2)22(32)29-21)8-7-15(12-27)28-20/h4-8,11,18-19H,3,9-10,13H2,1-2H3/t18-,19-/m1/s1. The van der Waals surface area contributed by atoms with Crippen LogP contribution < -0.4 is 15.3 Å². The van der Waals surface area contributed by atoms with Crippen LogP contribution in [0.2, 0.25) is 0 Å². The smallest absolute Gasteiger partial charge is 0.416 e. The maximum absolute atomic E-state index is 13.1. The predicted molar refractivity (Wildman–Crippen MR) is 118 cm³/mol. The van der Waals surface area contributed by atoms with Gasteiger partial charge in [-0.05, 0) is 37.3 Å². The summed E-state index contributed by atoms with van der Waals surface area (Å²) in [6, 6.07) is 9.92. The first kappa shape index (κ1) is 23.5. The summed E-state index contributed by atoms with van der Waals surface area (Å²) >= 11 is 0. The second-order valence-electron chi connectivity index (χ2n) is 7.86. The molecule has 2 aromatic heterocycles. The van der Waals surface area contributed by atoms with E-state index >= 15 is 0 Å². The zero-order valence-electron chi connectivity index (χ0n) is 18.5. The third-order valence-electron chi connectivity index (χ3n) is 5.68. The number of benzene rings is 1. The lowest BCUT2D eigenvalue weighted by Gasteiger charge is -2.38. The summed E-state index contributed by atoms with van der Waals surface area (Å²) in [7, 11) is 1.58. The number of alkyl halides is 3. The van der Waals surface area contributed by atoms with E-state index < -0.39 is 29.6 Å². The van der Waals surface area contributed by atoms with Crippen LogP contribution in [0.25, 0.3) is 11.0 Å². The molecule has 3 heterocycles.